The minimum absolute atomic E-state index is 0.479. The molecule has 3 heteroatoms. The van der Waals surface area contributed by atoms with Crippen LogP contribution in [0.25, 0.3) is 11.1 Å². The third kappa shape index (κ3) is 1.04. The van der Waals surface area contributed by atoms with Crippen LogP contribution in [-0.4, -0.2) is 18.1 Å². The standard InChI is InChI=1S/C10H10N2O/c1-2-4-9-8(3-1)12-10(13-9)7-5-11-6-7/h1-4,7,11H,5-6H2. The Morgan fingerprint density at radius 1 is 1.31 bits per heavy atom. The van der Waals surface area contributed by atoms with E-state index in [9.17, 15) is 0 Å². The lowest BCUT2D eigenvalue weighted by Gasteiger charge is -2.23. The highest BCUT2D eigenvalue weighted by Gasteiger charge is 2.23. The Balaban J connectivity index is 2.10. The van der Waals surface area contributed by atoms with Gasteiger partial charge in [-0.15, -0.1) is 0 Å². The molecular weight excluding hydrogens is 164 g/mol. The summed E-state index contributed by atoms with van der Waals surface area (Å²) in [5, 5.41) is 3.20. The summed E-state index contributed by atoms with van der Waals surface area (Å²) in [5.74, 6) is 1.35. The van der Waals surface area contributed by atoms with Gasteiger partial charge < -0.3 is 9.73 Å². The first kappa shape index (κ1) is 7.09. The van der Waals surface area contributed by atoms with Crippen LogP contribution in [0.4, 0.5) is 0 Å². The van der Waals surface area contributed by atoms with Crippen LogP contribution in [0.3, 0.4) is 0 Å². The number of para-hydroxylation sites is 2. The van der Waals surface area contributed by atoms with Gasteiger partial charge in [-0.3, -0.25) is 0 Å². The summed E-state index contributed by atoms with van der Waals surface area (Å²) >= 11 is 0. The predicted octanol–water partition coefficient (Wildman–Crippen LogP) is 1.51. The Labute approximate surface area is 75.8 Å². The summed E-state index contributed by atoms with van der Waals surface area (Å²) < 4.78 is 5.62. The van der Waals surface area contributed by atoms with E-state index in [0.29, 0.717) is 5.92 Å². The molecule has 2 heterocycles. The first-order valence-electron chi connectivity index (χ1n) is 4.50. The molecule has 0 bridgehead atoms. The van der Waals surface area contributed by atoms with Crippen LogP contribution in [0.5, 0.6) is 0 Å². The molecule has 2 aromatic rings. The van der Waals surface area contributed by atoms with Gasteiger partial charge in [-0.1, -0.05) is 12.1 Å². The van der Waals surface area contributed by atoms with Gasteiger partial charge in [-0.2, -0.15) is 0 Å². The number of hydrogen-bond donors (Lipinski definition) is 1. The van der Waals surface area contributed by atoms with E-state index in [2.05, 4.69) is 10.3 Å². The lowest BCUT2D eigenvalue weighted by Crippen LogP contribution is -2.40. The second-order valence-electron chi connectivity index (χ2n) is 3.37. The lowest BCUT2D eigenvalue weighted by molar-refractivity contribution is 0.367. The van der Waals surface area contributed by atoms with E-state index >= 15 is 0 Å². The van der Waals surface area contributed by atoms with Gasteiger partial charge in [0.1, 0.15) is 5.52 Å². The van der Waals surface area contributed by atoms with Crippen molar-refractivity contribution in [2.75, 3.05) is 13.1 Å². The summed E-state index contributed by atoms with van der Waals surface area (Å²) in [4.78, 5) is 4.43. The molecule has 1 fully saturated rings. The second-order valence-corrected chi connectivity index (χ2v) is 3.37. The Hall–Kier alpha value is -1.35. The molecule has 3 rings (SSSR count). The first-order chi connectivity index (χ1) is 6.43. The smallest absolute Gasteiger partial charge is 0.201 e. The zero-order chi connectivity index (χ0) is 8.67. The van der Waals surface area contributed by atoms with Gasteiger partial charge in [-0.25, -0.2) is 4.98 Å². The molecule has 0 saturated carbocycles. The van der Waals surface area contributed by atoms with E-state index in [-0.39, 0.29) is 0 Å². The van der Waals surface area contributed by atoms with Crippen molar-refractivity contribution in [2.24, 2.45) is 0 Å². The van der Waals surface area contributed by atoms with Gasteiger partial charge in [0.15, 0.2) is 5.58 Å². The van der Waals surface area contributed by atoms with Crippen LogP contribution < -0.4 is 5.32 Å². The highest BCUT2D eigenvalue weighted by molar-refractivity contribution is 5.72. The Morgan fingerprint density at radius 2 is 2.15 bits per heavy atom. The normalized spacial score (nSPS) is 17.5. The molecule has 0 spiro atoms. The van der Waals surface area contributed by atoms with Gasteiger partial charge in [0, 0.05) is 13.1 Å². The van der Waals surface area contributed by atoms with Crippen LogP contribution in [-0.2, 0) is 0 Å². The molecule has 0 atom stereocenters. The molecule has 0 radical (unpaired) electrons. The highest BCUT2D eigenvalue weighted by Crippen LogP contribution is 2.23. The predicted molar refractivity (Wildman–Crippen MR) is 49.6 cm³/mol. The highest BCUT2D eigenvalue weighted by atomic mass is 16.3. The minimum Gasteiger partial charge on any atom is -0.440 e. The molecule has 0 aliphatic carbocycles. The number of nitrogens with one attached hydrogen (secondary N) is 1. The first-order valence-corrected chi connectivity index (χ1v) is 4.50. The van der Waals surface area contributed by atoms with Gasteiger partial charge >= 0.3 is 0 Å². The van der Waals surface area contributed by atoms with Crippen molar-refractivity contribution >= 4 is 11.1 Å². The van der Waals surface area contributed by atoms with Crippen LogP contribution in [0, 0.1) is 0 Å². The summed E-state index contributed by atoms with van der Waals surface area (Å²) in [7, 11) is 0. The van der Waals surface area contributed by atoms with Crippen LogP contribution in [0.1, 0.15) is 11.8 Å². The molecule has 1 N–H and O–H groups in total. The summed E-state index contributed by atoms with van der Waals surface area (Å²) in [6.45, 7) is 1.99. The zero-order valence-electron chi connectivity index (χ0n) is 7.16. The van der Waals surface area contributed by atoms with Crippen LogP contribution in [0.2, 0.25) is 0 Å². The van der Waals surface area contributed by atoms with Crippen molar-refractivity contribution in [2.45, 2.75) is 5.92 Å². The Morgan fingerprint density at radius 3 is 2.85 bits per heavy atom. The largest absolute Gasteiger partial charge is 0.440 e. The van der Waals surface area contributed by atoms with Crippen molar-refractivity contribution in [3.05, 3.63) is 30.2 Å². The number of nitrogens with zero attached hydrogens (tertiary/aromatic N) is 1. The van der Waals surface area contributed by atoms with E-state index in [0.717, 1.165) is 30.1 Å². The molecule has 1 aromatic heterocycles. The molecule has 1 aromatic carbocycles. The molecule has 0 amide bonds. The van der Waals surface area contributed by atoms with E-state index in [4.69, 9.17) is 4.42 Å². The van der Waals surface area contributed by atoms with E-state index < -0.39 is 0 Å². The number of oxazole rings is 1. The molecule has 3 nitrogen and oxygen atoms in total. The van der Waals surface area contributed by atoms with Crippen molar-refractivity contribution < 1.29 is 4.42 Å². The van der Waals surface area contributed by atoms with Gasteiger partial charge in [0.05, 0.1) is 5.92 Å². The average molecular weight is 174 g/mol. The monoisotopic (exact) mass is 174 g/mol. The summed E-state index contributed by atoms with van der Waals surface area (Å²) in [5.41, 5.74) is 1.86. The molecule has 13 heavy (non-hydrogen) atoms. The fourth-order valence-electron chi connectivity index (χ4n) is 1.53. The quantitative estimate of drug-likeness (QED) is 0.712. The molecule has 1 saturated heterocycles. The number of benzene rings is 1. The Kier molecular flexibility index (Phi) is 1.40. The molecule has 0 unspecified atom stereocenters. The van der Waals surface area contributed by atoms with Gasteiger partial charge in [-0.05, 0) is 12.1 Å². The molecular formula is C10H10N2O. The number of aromatic nitrogens is 1. The van der Waals surface area contributed by atoms with Crippen LogP contribution in [0.15, 0.2) is 28.7 Å². The number of hydrogen-bond acceptors (Lipinski definition) is 3. The maximum atomic E-state index is 5.62. The topological polar surface area (TPSA) is 38.1 Å². The molecule has 1 aliphatic heterocycles. The second kappa shape index (κ2) is 2.57. The SMILES string of the molecule is c1ccc2oc(C3CNC3)nc2c1. The maximum absolute atomic E-state index is 5.62. The zero-order valence-corrected chi connectivity index (χ0v) is 7.16. The molecule has 66 valence electrons. The minimum atomic E-state index is 0.479. The molecule has 1 aliphatic rings. The van der Waals surface area contributed by atoms with Crippen molar-refractivity contribution in [3.8, 4) is 0 Å². The van der Waals surface area contributed by atoms with Crippen molar-refractivity contribution in [1.82, 2.24) is 10.3 Å². The summed E-state index contributed by atoms with van der Waals surface area (Å²) in [6.07, 6.45) is 0. The van der Waals surface area contributed by atoms with E-state index in [1.807, 2.05) is 24.3 Å². The van der Waals surface area contributed by atoms with Gasteiger partial charge in [0.2, 0.25) is 5.89 Å². The Bertz CT molecular complexity index is 398. The van der Waals surface area contributed by atoms with E-state index in [1.54, 1.807) is 0 Å². The fourth-order valence-corrected chi connectivity index (χ4v) is 1.53. The average Bonchev–Trinajstić information content (AvgIpc) is 2.43. The number of fused-ring (bicyclic) bond motifs is 1. The third-order valence-electron chi connectivity index (χ3n) is 2.44. The fraction of sp³-hybridized carbons (Fsp3) is 0.300. The van der Waals surface area contributed by atoms with Crippen molar-refractivity contribution in [3.63, 3.8) is 0 Å². The summed E-state index contributed by atoms with van der Waals surface area (Å²) in [6, 6.07) is 7.89. The van der Waals surface area contributed by atoms with Crippen LogP contribution >= 0.6 is 0 Å². The van der Waals surface area contributed by atoms with E-state index in [1.165, 1.54) is 0 Å². The van der Waals surface area contributed by atoms with Gasteiger partial charge in [0.25, 0.3) is 0 Å². The third-order valence-corrected chi connectivity index (χ3v) is 2.44. The number of rotatable bonds is 1. The lowest BCUT2D eigenvalue weighted by atomic mass is 10.0. The van der Waals surface area contributed by atoms with Crippen molar-refractivity contribution in [1.29, 1.82) is 0 Å². The maximum Gasteiger partial charge on any atom is 0.201 e.